The fourth-order valence-electron chi connectivity index (χ4n) is 2.25. The maximum atomic E-state index is 4.49. The molecule has 0 spiro atoms. The SMILES string of the molecule is Sc1cccc2c3c(ccc12)=CCCC=3. The third kappa shape index (κ3) is 1.38. The van der Waals surface area contributed by atoms with E-state index >= 15 is 0 Å². The van der Waals surface area contributed by atoms with Crippen molar-refractivity contribution in [2.45, 2.75) is 17.7 Å². The first-order valence-electron chi connectivity index (χ1n) is 5.27. The molecule has 0 saturated heterocycles. The average molecular weight is 212 g/mol. The Labute approximate surface area is 94.3 Å². The fourth-order valence-corrected chi connectivity index (χ4v) is 2.53. The van der Waals surface area contributed by atoms with Gasteiger partial charge in [-0.25, -0.2) is 0 Å². The summed E-state index contributed by atoms with van der Waals surface area (Å²) in [7, 11) is 0. The Morgan fingerprint density at radius 3 is 2.67 bits per heavy atom. The highest BCUT2D eigenvalue weighted by Crippen LogP contribution is 2.18. The molecule has 3 rings (SSSR count). The van der Waals surface area contributed by atoms with Crippen LogP contribution in [0.15, 0.2) is 35.2 Å². The first-order valence-corrected chi connectivity index (χ1v) is 5.72. The maximum Gasteiger partial charge on any atom is 0.0119 e. The van der Waals surface area contributed by atoms with Gasteiger partial charge in [-0.3, -0.25) is 0 Å². The molecule has 1 aliphatic carbocycles. The predicted molar refractivity (Wildman–Crippen MR) is 68.6 cm³/mol. The smallest absolute Gasteiger partial charge is 0.0119 e. The zero-order valence-electron chi connectivity index (χ0n) is 8.40. The maximum absolute atomic E-state index is 4.49. The van der Waals surface area contributed by atoms with Gasteiger partial charge in [-0.1, -0.05) is 36.4 Å². The number of rotatable bonds is 0. The van der Waals surface area contributed by atoms with Crippen molar-refractivity contribution in [3.05, 3.63) is 40.8 Å². The molecule has 0 unspecified atom stereocenters. The first-order chi connectivity index (χ1) is 7.36. The molecular weight excluding hydrogens is 200 g/mol. The zero-order valence-corrected chi connectivity index (χ0v) is 9.30. The summed E-state index contributed by atoms with van der Waals surface area (Å²) >= 11 is 4.49. The average Bonchev–Trinajstić information content (AvgIpc) is 2.29. The molecule has 2 aromatic rings. The molecule has 0 heterocycles. The molecule has 0 bridgehead atoms. The van der Waals surface area contributed by atoms with Crippen molar-refractivity contribution < 1.29 is 0 Å². The van der Waals surface area contributed by atoms with Gasteiger partial charge in [-0.15, -0.1) is 12.6 Å². The fraction of sp³-hybridized carbons (Fsp3) is 0.143. The second-order valence-corrected chi connectivity index (χ2v) is 4.41. The van der Waals surface area contributed by atoms with Crippen LogP contribution in [0.4, 0.5) is 0 Å². The van der Waals surface area contributed by atoms with Gasteiger partial charge < -0.3 is 0 Å². The van der Waals surface area contributed by atoms with Gasteiger partial charge in [0.05, 0.1) is 0 Å². The van der Waals surface area contributed by atoms with Crippen LogP contribution in [0.25, 0.3) is 22.9 Å². The van der Waals surface area contributed by atoms with Gasteiger partial charge in [0.25, 0.3) is 0 Å². The van der Waals surface area contributed by atoms with Crippen molar-refractivity contribution in [2.24, 2.45) is 0 Å². The highest BCUT2D eigenvalue weighted by Gasteiger charge is 2.01. The summed E-state index contributed by atoms with van der Waals surface area (Å²) in [5, 5.41) is 5.34. The molecule has 1 aliphatic rings. The minimum absolute atomic E-state index is 1.06. The second-order valence-electron chi connectivity index (χ2n) is 3.93. The minimum Gasteiger partial charge on any atom is -0.143 e. The lowest BCUT2D eigenvalue weighted by Crippen LogP contribution is -2.27. The predicted octanol–water partition coefficient (Wildman–Crippen LogP) is 2.48. The van der Waals surface area contributed by atoms with E-state index in [4.69, 9.17) is 0 Å². The number of hydrogen-bond donors (Lipinski definition) is 1. The van der Waals surface area contributed by atoms with Gasteiger partial charge in [0.2, 0.25) is 0 Å². The first kappa shape index (κ1) is 9.05. The van der Waals surface area contributed by atoms with Crippen molar-refractivity contribution >= 4 is 35.6 Å². The normalized spacial score (nSPS) is 14.2. The van der Waals surface area contributed by atoms with Gasteiger partial charge in [0.15, 0.2) is 0 Å². The van der Waals surface area contributed by atoms with Crippen LogP contribution < -0.4 is 10.4 Å². The van der Waals surface area contributed by atoms with E-state index in [-0.39, 0.29) is 0 Å². The van der Waals surface area contributed by atoms with E-state index in [1.54, 1.807) is 0 Å². The summed E-state index contributed by atoms with van der Waals surface area (Å²) in [5.41, 5.74) is 0. The minimum atomic E-state index is 1.06. The van der Waals surface area contributed by atoms with Gasteiger partial charge in [0.1, 0.15) is 0 Å². The van der Waals surface area contributed by atoms with Crippen molar-refractivity contribution in [3.8, 4) is 0 Å². The molecule has 0 amide bonds. The third-order valence-electron chi connectivity index (χ3n) is 2.99. The Balaban J connectivity index is 2.60. The van der Waals surface area contributed by atoms with Crippen LogP contribution in [-0.4, -0.2) is 0 Å². The highest BCUT2D eigenvalue weighted by molar-refractivity contribution is 7.80. The topological polar surface area (TPSA) is 0 Å². The lowest BCUT2D eigenvalue weighted by molar-refractivity contribution is 1.12. The van der Waals surface area contributed by atoms with Crippen molar-refractivity contribution in [1.29, 1.82) is 0 Å². The number of benzene rings is 2. The number of hydrogen-bond acceptors (Lipinski definition) is 1. The van der Waals surface area contributed by atoms with Crippen LogP contribution in [0, 0.1) is 0 Å². The van der Waals surface area contributed by atoms with E-state index in [1.807, 2.05) is 6.07 Å². The van der Waals surface area contributed by atoms with Crippen LogP contribution >= 0.6 is 12.6 Å². The third-order valence-corrected chi connectivity index (χ3v) is 3.38. The Morgan fingerprint density at radius 1 is 0.867 bits per heavy atom. The molecule has 0 radical (unpaired) electrons. The van der Waals surface area contributed by atoms with Crippen LogP contribution in [0.2, 0.25) is 0 Å². The molecule has 0 aromatic heterocycles. The molecule has 1 heteroatoms. The highest BCUT2D eigenvalue weighted by atomic mass is 32.1. The summed E-state index contributed by atoms with van der Waals surface area (Å²) in [6, 6.07) is 10.7. The van der Waals surface area contributed by atoms with Crippen LogP contribution in [0.1, 0.15) is 12.8 Å². The summed E-state index contributed by atoms with van der Waals surface area (Å²) in [4.78, 5) is 1.06. The molecule has 0 nitrogen and oxygen atoms in total. The Morgan fingerprint density at radius 2 is 1.73 bits per heavy atom. The molecule has 0 saturated carbocycles. The summed E-state index contributed by atoms with van der Waals surface area (Å²) in [5.74, 6) is 0. The lowest BCUT2D eigenvalue weighted by atomic mass is 10.0. The van der Waals surface area contributed by atoms with Gasteiger partial charge in [0, 0.05) is 4.90 Å². The number of fused-ring (bicyclic) bond motifs is 3. The summed E-state index contributed by atoms with van der Waals surface area (Å²) < 4.78 is 0. The monoisotopic (exact) mass is 212 g/mol. The molecule has 15 heavy (non-hydrogen) atoms. The van der Waals surface area contributed by atoms with Gasteiger partial charge in [-0.05, 0) is 40.1 Å². The van der Waals surface area contributed by atoms with Crippen molar-refractivity contribution in [3.63, 3.8) is 0 Å². The van der Waals surface area contributed by atoms with E-state index in [9.17, 15) is 0 Å². The zero-order chi connectivity index (χ0) is 10.3. The van der Waals surface area contributed by atoms with Crippen LogP contribution in [0.3, 0.4) is 0 Å². The lowest BCUT2D eigenvalue weighted by Gasteiger charge is -2.05. The van der Waals surface area contributed by atoms with E-state index < -0.39 is 0 Å². The van der Waals surface area contributed by atoms with E-state index in [1.165, 1.54) is 27.6 Å². The van der Waals surface area contributed by atoms with Crippen molar-refractivity contribution in [1.82, 2.24) is 0 Å². The standard InChI is InChI=1S/C14H12S/c15-14-7-3-6-12-11-5-2-1-4-10(11)8-9-13(12)14/h3-9,15H,1-2H2. The van der Waals surface area contributed by atoms with Crippen LogP contribution in [-0.2, 0) is 0 Å². The molecule has 0 aliphatic heterocycles. The van der Waals surface area contributed by atoms with E-state index in [0.29, 0.717) is 0 Å². The molecule has 0 N–H and O–H groups in total. The Bertz CT molecular complexity index is 638. The molecule has 2 aromatic carbocycles. The summed E-state index contributed by atoms with van der Waals surface area (Å²) in [6.45, 7) is 0. The van der Waals surface area contributed by atoms with Crippen molar-refractivity contribution in [2.75, 3.05) is 0 Å². The molecule has 0 atom stereocenters. The van der Waals surface area contributed by atoms with Gasteiger partial charge in [-0.2, -0.15) is 0 Å². The largest absolute Gasteiger partial charge is 0.143 e. The number of thiol groups is 1. The van der Waals surface area contributed by atoms with E-state index in [2.05, 4.69) is 49.0 Å². The Hall–Kier alpha value is -1.21. The van der Waals surface area contributed by atoms with Gasteiger partial charge >= 0.3 is 0 Å². The van der Waals surface area contributed by atoms with Crippen LogP contribution in [0.5, 0.6) is 0 Å². The second kappa shape index (κ2) is 3.42. The quantitative estimate of drug-likeness (QED) is 0.637. The molecule has 0 fully saturated rings. The molecular formula is C14H12S. The van der Waals surface area contributed by atoms with E-state index in [0.717, 1.165) is 11.3 Å². The Kier molecular flexibility index (Phi) is 2.06. The molecule has 74 valence electrons. The summed E-state index contributed by atoms with van der Waals surface area (Å²) in [6.07, 6.45) is 6.98.